The van der Waals surface area contributed by atoms with E-state index in [2.05, 4.69) is 15.6 Å². The molecule has 1 atom stereocenters. The first-order chi connectivity index (χ1) is 21.6. The molecule has 1 aliphatic carbocycles. The van der Waals surface area contributed by atoms with Crippen LogP contribution in [0.2, 0.25) is 0 Å². The number of fused-ring (bicyclic) bond motifs is 5. The zero-order valence-electron chi connectivity index (χ0n) is 24.4. The molecule has 13 heteroatoms. The topological polar surface area (TPSA) is 154 Å². The van der Waals surface area contributed by atoms with Gasteiger partial charge in [0.05, 0.1) is 16.3 Å². The number of nitrogens with two attached hydrogens (primary N) is 1. The average molecular weight is 633 g/mol. The summed E-state index contributed by atoms with van der Waals surface area (Å²) < 4.78 is 38.8. The number of anilines is 2. The molecule has 2 saturated heterocycles. The van der Waals surface area contributed by atoms with E-state index in [4.69, 9.17) is 5.14 Å². The molecule has 3 aliphatic heterocycles. The number of hydrogen-bond acceptors (Lipinski definition) is 6. The van der Waals surface area contributed by atoms with Crippen molar-refractivity contribution in [2.75, 3.05) is 29.9 Å². The molecule has 4 amide bonds. The van der Waals surface area contributed by atoms with Crippen molar-refractivity contribution in [2.24, 2.45) is 22.0 Å². The average Bonchev–Trinajstić information content (AvgIpc) is 3.40. The SMILES string of the molecule is NS(=O)(=O)c1cccc(NC(=O)N[C@@H]2N=C(c3ccccc3F)c3ccccc3N(CC(=O)N3CC4CCC(CC4)C3)C2=O)c1. The highest BCUT2D eigenvalue weighted by Gasteiger charge is 2.37. The van der Waals surface area contributed by atoms with Gasteiger partial charge in [-0.2, -0.15) is 0 Å². The second-order valence-electron chi connectivity index (χ2n) is 11.7. The first-order valence-corrected chi connectivity index (χ1v) is 16.3. The van der Waals surface area contributed by atoms with Gasteiger partial charge in [-0.25, -0.2) is 27.7 Å². The number of primary sulfonamides is 1. The fourth-order valence-corrected chi connectivity index (χ4v) is 6.89. The van der Waals surface area contributed by atoms with E-state index in [9.17, 15) is 22.8 Å². The second-order valence-corrected chi connectivity index (χ2v) is 13.2. The number of benzodiazepines with no additional fused rings is 1. The normalized spacial score (nSPS) is 21.3. The molecule has 3 heterocycles. The van der Waals surface area contributed by atoms with Gasteiger partial charge in [-0.1, -0.05) is 36.4 Å². The monoisotopic (exact) mass is 632 g/mol. The Hall–Kier alpha value is -4.62. The molecule has 3 aromatic rings. The second kappa shape index (κ2) is 12.4. The van der Waals surface area contributed by atoms with E-state index in [1.807, 2.05) is 4.90 Å². The number of carbonyl (C=O) groups excluding carboxylic acids is 3. The Morgan fingerprint density at radius 3 is 2.22 bits per heavy atom. The highest BCUT2D eigenvalue weighted by molar-refractivity contribution is 7.89. The van der Waals surface area contributed by atoms with Gasteiger partial charge in [0.1, 0.15) is 12.4 Å². The van der Waals surface area contributed by atoms with Gasteiger partial charge >= 0.3 is 6.03 Å². The molecule has 3 aromatic carbocycles. The van der Waals surface area contributed by atoms with Crippen LogP contribution >= 0.6 is 0 Å². The van der Waals surface area contributed by atoms with Gasteiger partial charge in [-0.3, -0.25) is 14.5 Å². The maximum atomic E-state index is 15.2. The van der Waals surface area contributed by atoms with E-state index in [1.165, 1.54) is 47.4 Å². The van der Waals surface area contributed by atoms with Crippen LogP contribution < -0.4 is 20.7 Å². The van der Waals surface area contributed by atoms with Crippen molar-refractivity contribution in [1.29, 1.82) is 0 Å². The van der Waals surface area contributed by atoms with Crippen molar-refractivity contribution < 1.29 is 27.2 Å². The third-order valence-electron chi connectivity index (χ3n) is 8.59. The molecule has 0 spiro atoms. The number of sulfonamides is 1. The molecule has 11 nitrogen and oxygen atoms in total. The van der Waals surface area contributed by atoms with Gasteiger partial charge in [0.25, 0.3) is 5.91 Å². The third-order valence-corrected chi connectivity index (χ3v) is 9.51. The lowest BCUT2D eigenvalue weighted by Gasteiger charge is -2.29. The number of aliphatic imine (C=N–C) groups is 1. The predicted molar refractivity (Wildman–Crippen MR) is 167 cm³/mol. The van der Waals surface area contributed by atoms with Gasteiger partial charge in [0, 0.05) is 29.9 Å². The van der Waals surface area contributed by atoms with E-state index in [0.717, 1.165) is 25.7 Å². The number of para-hydroxylation sites is 1. The number of amides is 4. The van der Waals surface area contributed by atoms with Crippen LogP contribution in [0.25, 0.3) is 0 Å². The van der Waals surface area contributed by atoms with Crippen LogP contribution in [-0.4, -0.2) is 62.7 Å². The Labute approximate surface area is 260 Å². The van der Waals surface area contributed by atoms with Crippen molar-refractivity contribution in [3.8, 4) is 0 Å². The Kier molecular flexibility index (Phi) is 8.38. The van der Waals surface area contributed by atoms with Gasteiger partial charge in [-0.15, -0.1) is 0 Å². The lowest BCUT2D eigenvalue weighted by Crippen LogP contribution is -2.51. The lowest BCUT2D eigenvalue weighted by atomic mass is 9.84. The summed E-state index contributed by atoms with van der Waals surface area (Å²) in [6.07, 6.45) is 2.78. The first kappa shape index (κ1) is 30.4. The molecule has 234 valence electrons. The summed E-state index contributed by atoms with van der Waals surface area (Å²) in [6, 6.07) is 17.2. The minimum atomic E-state index is -4.03. The van der Waals surface area contributed by atoms with Crippen molar-refractivity contribution >= 4 is 45.0 Å². The number of urea groups is 1. The number of nitrogens with zero attached hydrogens (tertiary/aromatic N) is 3. The summed E-state index contributed by atoms with van der Waals surface area (Å²) in [4.78, 5) is 48.6. The largest absolute Gasteiger partial charge is 0.341 e. The number of carbonyl (C=O) groups is 3. The minimum Gasteiger partial charge on any atom is -0.341 e. The number of hydrogen-bond donors (Lipinski definition) is 3. The van der Waals surface area contributed by atoms with Crippen molar-refractivity contribution in [3.63, 3.8) is 0 Å². The highest BCUT2D eigenvalue weighted by Crippen LogP contribution is 2.34. The Balaban J connectivity index is 1.34. The molecule has 2 bridgehead atoms. The standard InChI is InChI=1S/C32H33FN6O5S/c33-26-10-3-1-8-24(26)29-25-9-2-4-11-27(25)39(19-28(40)38-17-20-12-13-21(18-38)15-14-20)31(41)30(36-29)37-32(42)35-22-6-5-7-23(16-22)45(34,43)44/h1-11,16,20-21,30H,12-15,17-19H2,(H2,34,43,44)(H2,35,37,42)/t20?,21?,30-/m0/s1. The van der Waals surface area contributed by atoms with Gasteiger partial charge in [0.2, 0.25) is 22.1 Å². The quantitative estimate of drug-likeness (QED) is 0.380. The van der Waals surface area contributed by atoms with Crippen molar-refractivity contribution in [1.82, 2.24) is 10.2 Å². The number of rotatable bonds is 6. The van der Waals surface area contributed by atoms with Gasteiger partial charge in [0.15, 0.2) is 0 Å². The summed E-state index contributed by atoms with van der Waals surface area (Å²) in [5.74, 6) is -0.614. The van der Waals surface area contributed by atoms with E-state index in [1.54, 1.807) is 30.3 Å². The Morgan fingerprint density at radius 2 is 1.56 bits per heavy atom. The van der Waals surface area contributed by atoms with E-state index < -0.39 is 33.9 Å². The van der Waals surface area contributed by atoms with Crippen LogP contribution in [0.5, 0.6) is 0 Å². The molecular formula is C32H33FN6O5S. The minimum absolute atomic E-state index is 0.101. The van der Waals surface area contributed by atoms with Crippen LogP contribution in [0.3, 0.4) is 0 Å². The maximum Gasteiger partial charge on any atom is 0.321 e. The number of nitrogens with one attached hydrogen (secondary N) is 2. The number of halogens is 1. The molecule has 7 rings (SSSR count). The highest BCUT2D eigenvalue weighted by atomic mass is 32.2. The van der Waals surface area contributed by atoms with Gasteiger partial charge < -0.3 is 15.5 Å². The molecule has 4 aliphatic rings. The Morgan fingerprint density at radius 1 is 0.911 bits per heavy atom. The van der Waals surface area contributed by atoms with E-state index in [0.29, 0.717) is 36.2 Å². The van der Waals surface area contributed by atoms with Crippen molar-refractivity contribution in [3.05, 3.63) is 89.7 Å². The van der Waals surface area contributed by atoms with Crippen LogP contribution in [-0.2, 0) is 19.6 Å². The zero-order valence-corrected chi connectivity index (χ0v) is 25.2. The maximum absolute atomic E-state index is 15.2. The molecule has 3 fully saturated rings. The van der Waals surface area contributed by atoms with Gasteiger partial charge in [-0.05, 0) is 73.9 Å². The first-order valence-electron chi connectivity index (χ1n) is 14.8. The van der Waals surface area contributed by atoms with Crippen molar-refractivity contribution in [2.45, 2.75) is 36.7 Å². The summed E-state index contributed by atoms with van der Waals surface area (Å²) in [7, 11) is -4.03. The van der Waals surface area contributed by atoms with E-state index in [-0.39, 0.29) is 34.3 Å². The van der Waals surface area contributed by atoms with Crippen LogP contribution in [0.15, 0.2) is 82.7 Å². The fourth-order valence-electron chi connectivity index (χ4n) is 6.33. The molecule has 1 saturated carbocycles. The molecule has 45 heavy (non-hydrogen) atoms. The van der Waals surface area contributed by atoms with Crippen LogP contribution in [0.1, 0.15) is 36.8 Å². The third kappa shape index (κ3) is 6.59. The molecule has 0 aromatic heterocycles. The smallest absolute Gasteiger partial charge is 0.321 e. The molecule has 4 N–H and O–H groups in total. The number of benzene rings is 3. The lowest BCUT2D eigenvalue weighted by molar-refractivity contribution is -0.132. The molecule has 0 unspecified atom stereocenters. The van der Waals surface area contributed by atoms with E-state index >= 15 is 4.39 Å². The predicted octanol–water partition coefficient (Wildman–Crippen LogP) is 3.45. The Bertz CT molecular complexity index is 1780. The molecule has 0 radical (unpaired) electrons. The molecular weight excluding hydrogens is 599 g/mol. The van der Waals surface area contributed by atoms with Crippen LogP contribution in [0.4, 0.5) is 20.6 Å². The van der Waals surface area contributed by atoms with Crippen LogP contribution in [0, 0.1) is 17.7 Å². The summed E-state index contributed by atoms with van der Waals surface area (Å²) >= 11 is 0. The fraction of sp³-hybridized carbons (Fsp3) is 0.312. The summed E-state index contributed by atoms with van der Waals surface area (Å²) in [6.45, 7) is 0.987. The summed E-state index contributed by atoms with van der Waals surface area (Å²) in [5.41, 5.74) is 1.13. The summed E-state index contributed by atoms with van der Waals surface area (Å²) in [5, 5.41) is 10.2. The zero-order chi connectivity index (χ0) is 31.7.